The summed E-state index contributed by atoms with van der Waals surface area (Å²) in [5.41, 5.74) is 1.58. The van der Waals surface area contributed by atoms with Gasteiger partial charge in [-0.1, -0.05) is 0 Å². The lowest BCUT2D eigenvalue weighted by Crippen LogP contribution is -2.35. The first-order chi connectivity index (χ1) is 13.0. The zero-order valence-electron chi connectivity index (χ0n) is 15.1. The molecular formula is C17H20N8O2. The van der Waals surface area contributed by atoms with Gasteiger partial charge in [0.2, 0.25) is 5.91 Å². The number of amides is 1. The van der Waals surface area contributed by atoms with Crippen molar-refractivity contribution in [2.45, 2.75) is 20.4 Å². The smallest absolute Gasteiger partial charge is 0.267 e. The number of hydrogen-bond acceptors (Lipinski definition) is 7. The maximum atomic E-state index is 11.9. The van der Waals surface area contributed by atoms with Gasteiger partial charge in [0, 0.05) is 37.1 Å². The standard InChI is InChI=1S/C17H20N8O2/c1-12-8-13(2)25(23-12)15-9-14(20-11-21-15)18-6-7-19-16(26)10-24-17(27)4-3-5-22-24/h3-5,8-9,11H,6-7,10H2,1-2H3,(H,19,26)(H,18,20,21). The summed E-state index contributed by atoms with van der Waals surface area (Å²) < 4.78 is 2.85. The number of rotatable bonds is 7. The topological polar surface area (TPSA) is 120 Å². The van der Waals surface area contributed by atoms with Crippen molar-refractivity contribution in [3.8, 4) is 5.82 Å². The van der Waals surface area contributed by atoms with Crippen molar-refractivity contribution in [3.05, 3.63) is 58.5 Å². The minimum Gasteiger partial charge on any atom is -0.368 e. The van der Waals surface area contributed by atoms with E-state index < -0.39 is 0 Å². The number of carbonyl (C=O) groups is 1. The van der Waals surface area contributed by atoms with Crippen LogP contribution >= 0.6 is 0 Å². The van der Waals surface area contributed by atoms with Crippen molar-refractivity contribution >= 4 is 11.7 Å². The van der Waals surface area contributed by atoms with Gasteiger partial charge in [0.1, 0.15) is 18.7 Å². The SMILES string of the molecule is Cc1cc(C)n(-c2cc(NCCNC(=O)Cn3ncccc3=O)ncn2)n1. The number of carbonyl (C=O) groups excluding carboxylic acids is 1. The molecule has 0 fully saturated rings. The Balaban J connectivity index is 1.50. The van der Waals surface area contributed by atoms with E-state index in [1.807, 2.05) is 19.9 Å². The molecule has 0 aliphatic heterocycles. The molecule has 0 aromatic carbocycles. The summed E-state index contributed by atoms with van der Waals surface area (Å²) in [5, 5.41) is 14.1. The van der Waals surface area contributed by atoms with Gasteiger partial charge in [-0.2, -0.15) is 10.2 Å². The average molecular weight is 368 g/mol. The van der Waals surface area contributed by atoms with Crippen LogP contribution in [0.1, 0.15) is 11.4 Å². The maximum absolute atomic E-state index is 11.9. The second-order valence-electron chi connectivity index (χ2n) is 5.90. The van der Waals surface area contributed by atoms with E-state index in [1.165, 1.54) is 24.7 Å². The number of nitrogens with one attached hydrogen (secondary N) is 2. The molecule has 3 heterocycles. The van der Waals surface area contributed by atoms with Gasteiger partial charge in [0.15, 0.2) is 5.82 Å². The van der Waals surface area contributed by atoms with Crippen molar-refractivity contribution in [1.82, 2.24) is 34.8 Å². The molecule has 140 valence electrons. The van der Waals surface area contributed by atoms with Crippen molar-refractivity contribution in [1.29, 1.82) is 0 Å². The first kappa shape index (κ1) is 18.2. The van der Waals surface area contributed by atoms with Gasteiger partial charge in [-0.25, -0.2) is 19.3 Å². The van der Waals surface area contributed by atoms with E-state index >= 15 is 0 Å². The fraction of sp³-hybridized carbons (Fsp3) is 0.294. The molecule has 0 aliphatic rings. The Morgan fingerprint density at radius 1 is 1.19 bits per heavy atom. The monoisotopic (exact) mass is 368 g/mol. The highest BCUT2D eigenvalue weighted by molar-refractivity contribution is 5.75. The van der Waals surface area contributed by atoms with Crippen LogP contribution in [0.25, 0.3) is 5.82 Å². The fourth-order valence-corrected chi connectivity index (χ4v) is 2.51. The van der Waals surface area contributed by atoms with Gasteiger partial charge in [-0.3, -0.25) is 9.59 Å². The number of nitrogens with zero attached hydrogens (tertiary/aromatic N) is 6. The Hall–Kier alpha value is -3.56. The van der Waals surface area contributed by atoms with Crippen LogP contribution in [0, 0.1) is 13.8 Å². The third kappa shape index (κ3) is 4.75. The van der Waals surface area contributed by atoms with Crippen LogP contribution in [-0.2, 0) is 11.3 Å². The van der Waals surface area contributed by atoms with Crippen LogP contribution in [-0.4, -0.2) is 48.5 Å². The van der Waals surface area contributed by atoms with Crippen LogP contribution in [0.5, 0.6) is 0 Å². The molecule has 10 nitrogen and oxygen atoms in total. The van der Waals surface area contributed by atoms with E-state index in [0.717, 1.165) is 16.1 Å². The van der Waals surface area contributed by atoms with Gasteiger partial charge in [-0.05, 0) is 26.0 Å². The third-order valence-electron chi connectivity index (χ3n) is 3.71. The van der Waals surface area contributed by atoms with E-state index in [9.17, 15) is 9.59 Å². The Morgan fingerprint density at radius 3 is 2.78 bits per heavy atom. The van der Waals surface area contributed by atoms with Crippen molar-refractivity contribution < 1.29 is 4.79 Å². The molecule has 0 bridgehead atoms. The first-order valence-corrected chi connectivity index (χ1v) is 8.41. The highest BCUT2D eigenvalue weighted by Gasteiger charge is 2.07. The normalized spacial score (nSPS) is 10.6. The molecule has 0 radical (unpaired) electrons. The molecule has 3 rings (SSSR count). The Bertz CT molecular complexity index is 994. The molecule has 1 amide bonds. The van der Waals surface area contributed by atoms with E-state index in [0.29, 0.717) is 24.7 Å². The lowest BCUT2D eigenvalue weighted by Gasteiger charge is -2.09. The van der Waals surface area contributed by atoms with Gasteiger partial charge >= 0.3 is 0 Å². The number of hydrogen-bond donors (Lipinski definition) is 2. The van der Waals surface area contributed by atoms with Crippen LogP contribution in [0.15, 0.2) is 41.6 Å². The molecule has 10 heteroatoms. The summed E-state index contributed by atoms with van der Waals surface area (Å²) >= 11 is 0. The highest BCUT2D eigenvalue weighted by atomic mass is 16.2. The molecule has 27 heavy (non-hydrogen) atoms. The minimum absolute atomic E-state index is 0.116. The molecule has 0 unspecified atom stereocenters. The molecule has 0 atom stereocenters. The van der Waals surface area contributed by atoms with E-state index in [-0.39, 0.29) is 18.0 Å². The van der Waals surface area contributed by atoms with E-state index in [1.54, 1.807) is 10.7 Å². The van der Waals surface area contributed by atoms with Gasteiger partial charge in [0.25, 0.3) is 5.56 Å². The summed E-state index contributed by atoms with van der Waals surface area (Å²) in [6.45, 7) is 4.61. The van der Waals surface area contributed by atoms with Crippen molar-refractivity contribution in [2.75, 3.05) is 18.4 Å². The summed E-state index contributed by atoms with van der Waals surface area (Å²) in [4.78, 5) is 31.8. The molecule has 0 saturated carbocycles. The third-order valence-corrected chi connectivity index (χ3v) is 3.71. The second kappa shape index (κ2) is 8.21. The lowest BCUT2D eigenvalue weighted by atomic mass is 10.4. The lowest BCUT2D eigenvalue weighted by molar-refractivity contribution is -0.121. The highest BCUT2D eigenvalue weighted by Crippen LogP contribution is 2.11. The molecule has 3 aromatic rings. The maximum Gasteiger partial charge on any atom is 0.267 e. The van der Waals surface area contributed by atoms with Crippen molar-refractivity contribution in [3.63, 3.8) is 0 Å². The fourth-order valence-electron chi connectivity index (χ4n) is 2.51. The average Bonchev–Trinajstić information content (AvgIpc) is 2.99. The predicted octanol–water partition coefficient (Wildman–Crippen LogP) is 0.0641. The number of aryl methyl sites for hydroxylation is 2. The zero-order chi connectivity index (χ0) is 19.2. The summed E-state index contributed by atoms with van der Waals surface area (Å²) in [7, 11) is 0. The predicted molar refractivity (Wildman–Crippen MR) is 98.6 cm³/mol. The molecule has 3 aromatic heterocycles. The van der Waals surface area contributed by atoms with E-state index in [2.05, 4.69) is 30.8 Å². The summed E-state index contributed by atoms with van der Waals surface area (Å²) in [6.07, 6.45) is 2.92. The summed E-state index contributed by atoms with van der Waals surface area (Å²) in [6, 6.07) is 6.65. The number of anilines is 1. The van der Waals surface area contributed by atoms with Gasteiger partial charge < -0.3 is 10.6 Å². The zero-order valence-corrected chi connectivity index (χ0v) is 15.1. The molecule has 0 aliphatic carbocycles. The van der Waals surface area contributed by atoms with Crippen LogP contribution < -0.4 is 16.2 Å². The second-order valence-corrected chi connectivity index (χ2v) is 5.90. The molecular weight excluding hydrogens is 348 g/mol. The minimum atomic E-state index is -0.316. The molecule has 2 N–H and O–H groups in total. The van der Waals surface area contributed by atoms with Crippen LogP contribution in [0.4, 0.5) is 5.82 Å². The van der Waals surface area contributed by atoms with E-state index in [4.69, 9.17) is 0 Å². The number of aromatic nitrogens is 6. The first-order valence-electron chi connectivity index (χ1n) is 8.41. The summed E-state index contributed by atoms with van der Waals surface area (Å²) in [5.74, 6) is 1.00. The Labute approximate surface area is 155 Å². The van der Waals surface area contributed by atoms with Gasteiger partial charge in [0.05, 0.1) is 5.69 Å². The largest absolute Gasteiger partial charge is 0.368 e. The molecule has 0 spiro atoms. The Kier molecular flexibility index (Phi) is 5.55. The van der Waals surface area contributed by atoms with Crippen molar-refractivity contribution in [2.24, 2.45) is 0 Å². The van der Waals surface area contributed by atoms with Crippen LogP contribution in [0.2, 0.25) is 0 Å². The quantitative estimate of drug-likeness (QED) is 0.566. The molecule has 0 saturated heterocycles. The van der Waals surface area contributed by atoms with Gasteiger partial charge in [-0.15, -0.1) is 0 Å². The van der Waals surface area contributed by atoms with Crippen LogP contribution in [0.3, 0.4) is 0 Å². The Morgan fingerprint density at radius 2 is 2.04 bits per heavy atom.